The highest BCUT2D eigenvalue weighted by Gasteiger charge is 2.01. The number of hydrogen-bond donors (Lipinski definition) is 1. The van der Waals surface area contributed by atoms with E-state index >= 15 is 0 Å². The Morgan fingerprint density at radius 2 is 2.00 bits per heavy atom. The number of nitrogens with zero attached hydrogens (tertiary/aromatic N) is 1. The highest BCUT2D eigenvalue weighted by molar-refractivity contribution is 5.43. The molecule has 84 valence electrons. The molecule has 0 aromatic carbocycles. The first-order chi connectivity index (χ1) is 7.38. The van der Waals surface area contributed by atoms with E-state index in [0.717, 1.165) is 18.8 Å². The van der Waals surface area contributed by atoms with Crippen LogP contribution in [0.25, 0.3) is 0 Å². The van der Waals surface area contributed by atoms with Gasteiger partial charge in [0.25, 0.3) is 0 Å². The number of pyridine rings is 1. The summed E-state index contributed by atoms with van der Waals surface area (Å²) < 4.78 is 0. The van der Waals surface area contributed by atoms with Crippen LogP contribution < -0.4 is 5.32 Å². The zero-order valence-electron chi connectivity index (χ0n) is 9.92. The number of rotatable bonds is 7. The van der Waals surface area contributed by atoms with E-state index in [-0.39, 0.29) is 0 Å². The molecule has 0 fully saturated rings. The molecule has 0 aliphatic carbocycles. The van der Waals surface area contributed by atoms with Crippen LogP contribution in [-0.2, 0) is 6.42 Å². The third-order valence-electron chi connectivity index (χ3n) is 2.51. The molecule has 0 saturated heterocycles. The minimum Gasteiger partial charge on any atom is -0.370 e. The van der Waals surface area contributed by atoms with Crippen molar-refractivity contribution in [2.75, 3.05) is 11.9 Å². The van der Waals surface area contributed by atoms with E-state index in [9.17, 15) is 0 Å². The van der Waals surface area contributed by atoms with Gasteiger partial charge in [0, 0.05) is 12.7 Å². The molecule has 2 nitrogen and oxygen atoms in total. The molecule has 1 rings (SSSR count). The van der Waals surface area contributed by atoms with Crippen LogP contribution in [0.15, 0.2) is 18.3 Å². The molecule has 0 unspecified atom stereocenters. The Labute approximate surface area is 93.1 Å². The molecule has 0 atom stereocenters. The molecule has 1 aromatic rings. The highest BCUT2D eigenvalue weighted by Crippen LogP contribution is 2.14. The Kier molecular flexibility index (Phi) is 5.83. The molecule has 1 aromatic heterocycles. The molecule has 0 bridgehead atoms. The summed E-state index contributed by atoms with van der Waals surface area (Å²) in [6.07, 6.45) is 7.92. The first-order valence-electron chi connectivity index (χ1n) is 6.06. The Morgan fingerprint density at radius 1 is 1.20 bits per heavy atom. The van der Waals surface area contributed by atoms with Crippen molar-refractivity contribution < 1.29 is 0 Å². The van der Waals surface area contributed by atoms with Gasteiger partial charge in [-0.05, 0) is 30.9 Å². The van der Waals surface area contributed by atoms with Gasteiger partial charge in [-0.1, -0.05) is 32.8 Å². The summed E-state index contributed by atoms with van der Waals surface area (Å²) in [7, 11) is 0. The fourth-order valence-electron chi connectivity index (χ4n) is 1.55. The molecule has 0 aliphatic rings. The van der Waals surface area contributed by atoms with Gasteiger partial charge in [0.2, 0.25) is 0 Å². The Bertz CT molecular complexity index is 271. The first-order valence-corrected chi connectivity index (χ1v) is 6.06. The van der Waals surface area contributed by atoms with Crippen molar-refractivity contribution in [3.8, 4) is 0 Å². The minimum atomic E-state index is 1.03. The van der Waals surface area contributed by atoms with E-state index in [1.54, 1.807) is 0 Å². The maximum atomic E-state index is 4.39. The largest absolute Gasteiger partial charge is 0.370 e. The summed E-state index contributed by atoms with van der Waals surface area (Å²) in [6, 6.07) is 4.20. The lowest BCUT2D eigenvalue weighted by Gasteiger charge is -2.09. The molecular weight excluding hydrogens is 184 g/mol. The van der Waals surface area contributed by atoms with Crippen LogP contribution in [-0.4, -0.2) is 11.5 Å². The predicted molar refractivity (Wildman–Crippen MR) is 66.2 cm³/mol. The Balaban J connectivity index is 2.52. The summed E-state index contributed by atoms with van der Waals surface area (Å²) >= 11 is 0. The average Bonchev–Trinajstić information content (AvgIpc) is 2.28. The first kappa shape index (κ1) is 12.0. The fourth-order valence-corrected chi connectivity index (χ4v) is 1.55. The molecular formula is C13H22N2. The quantitative estimate of drug-likeness (QED) is 0.689. The molecule has 15 heavy (non-hydrogen) atoms. The molecule has 0 spiro atoms. The molecule has 0 saturated carbocycles. The molecule has 0 aliphatic heterocycles. The fraction of sp³-hybridized carbons (Fsp3) is 0.615. The third-order valence-corrected chi connectivity index (χ3v) is 2.51. The van der Waals surface area contributed by atoms with E-state index in [2.05, 4.69) is 30.2 Å². The number of hydrogen-bond acceptors (Lipinski definition) is 2. The maximum Gasteiger partial charge on any atom is 0.129 e. The maximum absolute atomic E-state index is 4.39. The van der Waals surface area contributed by atoms with E-state index in [1.165, 1.54) is 31.2 Å². The van der Waals surface area contributed by atoms with E-state index in [4.69, 9.17) is 0 Å². The van der Waals surface area contributed by atoms with Gasteiger partial charge in [0.1, 0.15) is 5.82 Å². The summed E-state index contributed by atoms with van der Waals surface area (Å²) in [5.41, 5.74) is 1.36. The SMILES string of the molecule is CCCCNc1ncccc1CCCC. The van der Waals surface area contributed by atoms with Gasteiger partial charge in [-0.3, -0.25) is 0 Å². The Morgan fingerprint density at radius 3 is 2.73 bits per heavy atom. The summed E-state index contributed by atoms with van der Waals surface area (Å²) in [6.45, 7) is 5.46. The van der Waals surface area contributed by atoms with Crippen LogP contribution >= 0.6 is 0 Å². The van der Waals surface area contributed by atoms with Crippen LogP contribution in [0.4, 0.5) is 5.82 Å². The van der Waals surface area contributed by atoms with Crippen LogP contribution in [0.3, 0.4) is 0 Å². The zero-order valence-corrected chi connectivity index (χ0v) is 9.92. The predicted octanol–water partition coefficient (Wildman–Crippen LogP) is 3.64. The topological polar surface area (TPSA) is 24.9 Å². The van der Waals surface area contributed by atoms with Crippen molar-refractivity contribution in [3.63, 3.8) is 0 Å². The summed E-state index contributed by atoms with van der Waals surface area (Å²) in [5.74, 6) is 1.08. The number of aryl methyl sites for hydroxylation is 1. The monoisotopic (exact) mass is 206 g/mol. The zero-order chi connectivity index (χ0) is 10.9. The number of anilines is 1. The summed E-state index contributed by atoms with van der Waals surface area (Å²) in [4.78, 5) is 4.39. The number of unbranched alkanes of at least 4 members (excludes halogenated alkanes) is 2. The molecule has 2 heteroatoms. The average molecular weight is 206 g/mol. The smallest absolute Gasteiger partial charge is 0.129 e. The highest BCUT2D eigenvalue weighted by atomic mass is 15.0. The minimum absolute atomic E-state index is 1.03. The van der Waals surface area contributed by atoms with Crippen LogP contribution in [0.5, 0.6) is 0 Å². The van der Waals surface area contributed by atoms with E-state index < -0.39 is 0 Å². The second-order valence-corrected chi connectivity index (χ2v) is 3.90. The number of nitrogens with one attached hydrogen (secondary N) is 1. The van der Waals surface area contributed by atoms with Gasteiger partial charge < -0.3 is 5.32 Å². The van der Waals surface area contributed by atoms with Gasteiger partial charge >= 0.3 is 0 Å². The lowest BCUT2D eigenvalue weighted by atomic mass is 10.1. The van der Waals surface area contributed by atoms with Crippen LogP contribution in [0.1, 0.15) is 45.1 Å². The van der Waals surface area contributed by atoms with Crippen molar-refractivity contribution in [1.82, 2.24) is 4.98 Å². The molecule has 0 radical (unpaired) electrons. The number of aromatic nitrogens is 1. The third kappa shape index (κ3) is 4.32. The van der Waals surface area contributed by atoms with Gasteiger partial charge in [-0.2, -0.15) is 0 Å². The van der Waals surface area contributed by atoms with Crippen molar-refractivity contribution in [2.24, 2.45) is 0 Å². The lowest BCUT2D eigenvalue weighted by molar-refractivity contribution is 0.787. The van der Waals surface area contributed by atoms with Crippen molar-refractivity contribution in [2.45, 2.75) is 46.0 Å². The van der Waals surface area contributed by atoms with Gasteiger partial charge in [0.15, 0.2) is 0 Å². The van der Waals surface area contributed by atoms with Crippen molar-refractivity contribution in [1.29, 1.82) is 0 Å². The lowest BCUT2D eigenvalue weighted by Crippen LogP contribution is -2.05. The Hall–Kier alpha value is -1.05. The molecule has 1 N–H and O–H groups in total. The van der Waals surface area contributed by atoms with Crippen molar-refractivity contribution in [3.05, 3.63) is 23.9 Å². The van der Waals surface area contributed by atoms with Crippen molar-refractivity contribution >= 4 is 5.82 Å². The van der Waals surface area contributed by atoms with Gasteiger partial charge in [-0.25, -0.2) is 4.98 Å². The van der Waals surface area contributed by atoms with E-state index in [0.29, 0.717) is 0 Å². The summed E-state index contributed by atoms with van der Waals surface area (Å²) in [5, 5.41) is 3.41. The van der Waals surface area contributed by atoms with E-state index in [1.807, 2.05) is 12.3 Å². The van der Waals surface area contributed by atoms with Gasteiger partial charge in [0.05, 0.1) is 0 Å². The normalized spacial score (nSPS) is 10.3. The second-order valence-electron chi connectivity index (χ2n) is 3.90. The van der Waals surface area contributed by atoms with Crippen LogP contribution in [0.2, 0.25) is 0 Å². The van der Waals surface area contributed by atoms with Gasteiger partial charge in [-0.15, -0.1) is 0 Å². The molecule has 1 heterocycles. The molecule has 0 amide bonds. The second kappa shape index (κ2) is 7.27. The standard InChI is InChI=1S/C13H22N2/c1-3-5-8-12-9-7-11-15-13(12)14-10-6-4-2/h7,9,11H,3-6,8,10H2,1-2H3,(H,14,15). The van der Waals surface area contributed by atoms with Crippen LogP contribution in [0, 0.1) is 0 Å².